The molecule has 42 heavy (non-hydrogen) atoms. The van der Waals surface area contributed by atoms with Crippen LogP contribution >= 0.6 is 0 Å². The van der Waals surface area contributed by atoms with Gasteiger partial charge in [0, 0.05) is 56.8 Å². The van der Waals surface area contributed by atoms with Gasteiger partial charge in [0.1, 0.15) is 11.4 Å². The van der Waals surface area contributed by atoms with Gasteiger partial charge in [-0.3, -0.25) is 4.79 Å². The summed E-state index contributed by atoms with van der Waals surface area (Å²) in [6, 6.07) is 8.24. The Balaban J connectivity index is 1.03. The number of carbonyl (C=O) groups is 2. The standard InChI is InChI=1S/C31H46N6O5/c1-31(2,3)41-30(39)37-15-6-5-7-25(37)21-35-16-12-22(20-35)19-32-28(38)24-13-17-36(18-14-24)29-33-27(34-42-29)23-8-10-26(40-4)11-9-23/h8-11,22,24-25H,5-7,12-21H2,1-4H3,(H,32,38)/t22?,25-/m1/s1. The first-order chi connectivity index (χ1) is 20.2. The minimum atomic E-state index is -0.485. The van der Waals surface area contributed by atoms with Crippen LogP contribution in [-0.4, -0.2) is 96.5 Å². The molecule has 2 amide bonds. The summed E-state index contributed by atoms with van der Waals surface area (Å²) in [7, 11) is 1.63. The second-order valence-electron chi connectivity index (χ2n) is 12.9. The Labute approximate surface area is 248 Å². The fraction of sp³-hybridized carbons (Fsp3) is 0.677. The highest BCUT2D eigenvalue weighted by atomic mass is 16.6. The van der Waals surface area contributed by atoms with Gasteiger partial charge in [0.2, 0.25) is 11.7 Å². The quantitative estimate of drug-likeness (QED) is 0.490. The number of hydrogen-bond donors (Lipinski definition) is 1. The maximum Gasteiger partial charge on any atom is 0.410 e. The molecule has 2 aromatic rings. The molecule has 1 aromatic carbocycles. The zero-order valence-corrected chi connectivity index (χ0v) is 25.5. The van der Waals surface area contributed by atoms with Crippen LogP contribution in [0.15, 0.2) is 28.8 Å². The molecule has 230 valence electrons. The summed E-state index contributed by atoms with van der Waals surface area (Å²) in [6.45, 7) is 11.4. The molecule has 1 unspecified atom stereocenters. The number of hydrogen-bond acceptors (Lipinski definition) is 9. The molecule has 0 aliphatic carbocycles. The summed E-state index contributed by atoms with van der Waals surface area (Å²) < 4.78 is 16.4. The highest BCUT2D eigenvalue weighted by molar-refractivity contribution is 5.79. The van der Waals surface area contributed by atoms with Gasteiger partial charge in [0.15, 0.2) is 0 Å². The predicted molar refractivity (Wildman–Crippen MR) is 159 cm³/mol. The average Bonchev–Trinajstić information content (AvgIpc) is 3.66. The van der Waals surface area contributed by atoms with Gasteiger partial charge in [-0.05, 0) is 96.0 Å². The number of anilines is 1. The van der Waals surface area contributed by atoms with Crippen molar-refractivity contribution in [2.75, 3.05) is 57.8 Å². The Morgan fingerprint density at radius 2 is 1.79 bits per heavy atom. The number of methoxy groups -OCH3 is 1. The van der Waals surface area contributed by atoms with Crippen LogP contribution < -0.4 is 15.0 Å². The molecular formula is C31H46N6O5. The van der Waals surface area contributed by atoms with E-state index in [2.05, 4.69) is 25.3 Å². The molecule has 5 rings (SSSR count). The molecule has 3 saturated heterocycles. The number of rotatable bonds is 8. The molecule has 11 nitrogen and oxygen atoms in total. The lowest BCUT2D eigenvalue weighted by Gasteiger charge is -2.38. The van der Waals surface area contributed by atoms with Crippen molar-refractivity contribution in [2.45, 2.75) is 70.9 Å². The van der Waals surface area contributed by atoms with Crippen molar-refractivity contribution in [3.8, 4) is 17.1 Å². The van der Waals surface area contributed by atoms with Crippen LogP contribution in [0.5, 0.6) is 5.75 Å². The third-order valence-electron chi connectivity index (χ3n) is 8.56. The minimum absolute atomic E-state index is 0.00707. The molecule has 0 spiro atoms. The van der Waals surface area contributed by atoms with E-state index in [0.29, 0.717) is 37.4 Å². The molecule has 1 N–H and O–H groups in total. The smallest absolute Gasteiger partial charge is 0.410 e. The number of nitrogens with one attached hydrogen (secondary N) is 1. The highest BCUT2D eigenvalue weighted by Gasteiger charge is 2.34. The van der Waals surface area contributed by atoms with E-state index in [4.69, 9.17) is 14.0 Å². The molecule has 0 saturated carbocycles. The second-order valence-corrected chi connectivity index (χ2v) is 12.9. The van der Waals surface area contributed by atoms with E-state index in [-0.39, 0.29) is 24.0 Å². The first-order valence-corrected chi connectivity index (χ1v) is 15.4. The van der Waals surface area contributed by atoms with Crippen LogP contribution in [0.2, 0.25) is 0 Å². The van der Waals surface area contributed by atoms with Crippen LogP contribution in [0.4, 0.5) is 10.8 Å². The van der Waals surface area contributed by atoms with Crippen LogP contribution in [0.3, 0.4) is 0 Å². The summed E-state index contributed by atoms with van der Waals surface area (Å²) in [5, 5.41) is 7.37. The topological polar surface area (TPSA) is 113 Å². The van der Waals surface area contributed by atoms with Gasteiger partial charge in [-0.1, -0.05) is 5.16 Å². The lowest BCUT2D eigenvalue weighted by Crippen LogP contribution is -2.50. The zero-order valence-electron chi connectivity index (χ0n) is 25.5. The number of carbonyl (C=O) groups excluding carboxylic acids is 2. The first-order valence-electron chi connectivity index (χ1n) is 15.4. The molecule has 3 aliphatic rings. The third kappa shape index (κ3) is 7.73. The first kappa shape index (κ1) is 30.1. The van der Waals surface area contributed by atoms with Gasteiger partial charge in [0.05, 0.1) is 7.11 Å². The van der Waals surface area contributed by atoms with Crippen LogP contribution in [0.25, 0.3) is 11.4 Å². The van der Waals surface area contributed by atoms with Crippen LogP contribution in [-0.2, 0) is 9.53 Å². The van der Waals surface area contributed by atoms with Crippen molar-refractivity contribution in [3.63, 3.8) is 0 Å². The number of amides is 2. The van der Waals surface area contributed by atoms with Crippen molar-refractivity contribution >= 4 is 18.0 Å². The molecule has 3 fully saturated rings. The Morgan fingerprint density at radius 1 is 1.02 bits per heavy atom. The van der Waals surface area contributed by atoms with Crippen molar-refractivity contribution in [2.24, 2.45) is 11.8 Å². The molecule has 2 atom stereocenters. The van der Waals surface area contributed by atoms with Gasteiger partial charge in [0.25, 0.3) is 0 Å². The number of piperidine rings is 2. The van der Waals surface area contributed by atoms with Crippen LogP contribution in [0, 0.1) is 11.8 Å². The Morgan fingerprint density at radius 3 is 2.50 bits per heavy atom. The summed E-state index contributed by atoms with van der Waals surface area (Å²) in [4.78, 5) is 36.8. The predicted octanol–water partition coefficient (Wildman–Crippen LogP) is 4.19. The Hall–Kier alpha value is -3.34. The summed E-state index contributed by atoms with van der Waals surface area (Å²) >= 11 is 0. The SMILES string of the molecule is COc1ccc(-c2noc(N3CCC(C(=O)NCC4CCN(C[C@H]5CCCCN5C(=O)OC(C)(C)C)C4)CC3)n2)cc1. The summed E-state index contributed by atoms with van der Waals surface area (Å²) in [6.07, 6.45) is 5.57. The fourth-order valence-electron chi connectivity index (χ4n) is 6.22. The van der Waals surface area contributed by atoms with Crippen molar-refractivity contribution in [1.29, 1.82) is 0 Å². The molecule has 0 radical (unpaired) electrons. The van der Waals surface area contributed by atoms with E-state index in [1.165, 1.54) is 0 Å². The van der Waals surface area contributed by atoms with E-state index < -0.39 is 5.60 Å². The number of benzene rings is 1. The molecule has 11 heteroatoms. The van der Waals surface area contributed by atoms with Gasteiger partial charge in [-0.25, -0.2) is 4.79 Å². The third-order valence-corrected chi connectivity index (χ3v) is 8.56. The monoisotopic (exact) mass is 582 g/mol. The second kappa shape index (κ2) is 13.3. The summed E-state index contributed by atoms with van der Waals surface area (Å²) in [5.41, 5.74) is 0.380. The molecule has 3 aliphatic heterocycles. The maximum atomic E-state index is 13.0. The number of aromatic nitrogens is 2. The van der Waals surface area contributed by atoms with E-state index in [0.717, 1.165) is 76.0 Å². The normalized spacial score (nSPS) is 22.3. The Kier molecular flexibility index (Phi) is 9.55. The largest absolute Gasteiger partial charge is 0.497 e. The minimum Gasteiger partial charge on any atom is -0.497 e. The van der Waals surface area contributed by atoms with E-state index in [9.17, 15) is 9.59 Å². The molecule has 0 bridgehead atoms. The zero-order chi connectivity index (χ0) is 29.7. The van der Waals surface area contributed by atoms with Gasteiger partial charge in [-0.2, -0.15) is 4.98 Å². The van der Waals surface area contributed by atoms with Crippen molar-refractivity contribution in [3.05, 3.63) is 24.3 Å². The maximum absolute atomic E-state index is 13.0. The lowest BCUT2D eigenvalue weighted by molar-refractivity contribution is -0.125. The van der Waals surface area contributed by atoms with Gasteiger partial charge >= 0.3 is 12.1 Å². The number of likely N-dealkylation sites (tertiary alicyclic amines) is 2. The fourth-order valence-corrected chi connectivity index (χ4v) is 6.22. The Bertz CT molecular complexity index is 1190. The lowest BCUT2D eigenvalue weighted by atomic mass is 9.96. The van der Waals surface area contributed by atoms with Crippen molar-refractivity contribution in [1.82, 2.24) is 25.3 Å². The number of nitrogens with zero attached hydrogens (tertiary/aromatic N) is 5. The number of ether oxygens (including phenoxy) is 2. The average molecular weight is 583 g/mol. The molecule has 4 heterocycles. The highest BCUT2D eigenvalue weighted by Crippen LogP contribution is 2.27. The summed E-state index contributed by atoms with van der Waals surface area (Å²) in [5.74, 6) is 1.88. The van der Waals surface area contributed by atoms with Gasteiger partial charge in [-0.15, -0.1) is 0 Å². The van der Waals surface area contributed by atoms with Gasteiger partial charge < -0.3 is 34.0 Å². The van der Waals surface area contributed by atoms with E-state index >= 15 is 0 Å². The van der Waals surface area contributed by atoms with Crippen LogP contribution in [0.1, 0.15) is 59.3 Å². The molecule has 1 aromatic heterocycles. The van der Waals surface area contributed by atoms with E-state index in [1.807, 2.05) is 49.9 Å². The molecular weight excluding hydrogens is 536 g/mol. The van der Waals surface area contributed by atoms with Crippen molar-refractivity contribution < 1.29 is 23.6 Å². The van der Waals surface area contributed by atoms with E-state index in [1.54, 1.807) is 7.11 Å².